The molecule has 3 N–H and O–H groups in total. The predicted octanol–water partition coefficient (Wildman–Crippen LogP) is 3.50. The Balaban J connectivity index is 2.03. The number of ether oxygens (including phenoxy) is 2. The van der Waals surface area contributed by atoms with Gasteiger partial charge in [-0.3, -0.25) is 0 Å². The highest BCUT2D eigenvalue weighted by Crippen LogP contribution is 2.22. The fraction of sp³-hybridized carbons (Fsp3) is 0.118. The number of benzene rings is 2. The predicted molar refractivity (Wildman–Crippen MR) is 111 cm³/mol. The van der Waals surface area contributed by atoms with E-state index in [1.807, 2.05) is 36.4 Å². The third-order valence-electron chi connectivity index (χ3n) is 3.13. The molecule has 0 bridgehead atoms. The fourth-order valence-corrected chi connectivity index (χ4v) is 2.71. The fourth-order valence-electron chi connectivity index (χ4n) is 1.96. The second-order valence-electron chi connectivity index (χ2n) is 4.87. The van der Waals surface area contributed by atoms with Gasteiger partial charge < -0.3 is 15.2 Å². The Morgan fingerprint density at radius 1 is 0.962 bits per heavy atom. The molecular weight excluding hydrogens is 466 g/mol. The van der Waals surface area contributed by atoms with Crippen LogP contribution in [0.25, 0.3) is 0 Å². The molecule has 0 saturated heterocycles. The summed E-state index contributed by atoms with van der Waals surface area (Å²) in [5.41, 5.74) is 9.88. The van der Waals surface area contributed by atoms with Crippen LogP contribution in [0.2, 0.25) is 0 Å². The van der Waals surface area contributed by atoms with Crippen LogP contribution in [0.4, 0.5) is 0 Å². The largest absolute Gasteiger partial charge is 0.496 e. The number of rotatable bonds is 6. The zero-order valence-corrected chi connectivity index (χ0v) is 17.3. The first-order chi connectivity index (χ1) is 12.5. The van der Waals surface area contributed by atoms with E-state index >= 15 is 0 Å². The molecule has 0 aromatic heterocycles. The van der Waals surface area contributed by atoms with Crippen molar-refractivity contribution in [1.82, 2.24) is 5.43 Å². The van der Waals surface area contributed by atoms with E-state index in [-0.39, 0.29) is 5.96 Å². The summed E-state index contributed by atoms with van der Waals surface area (Å²) >= 11 is 6.80. The van der Waals surface area contributed by atoms with Crippen LogP contribution in [0.1, 0.15) is 11.1 Å². The van der Waals surface area contributed by atoms with Crippen molar-refractivity contribution < 1.29 is 9.47 Å². The second-order valence-corrected chi connectivity index (χ2v) is 6.70. The van der Waals surface area contributed by atoms with E-state index in [0.29, 0.717) is 11.5 Å². The lowest BCUT2D eigenvalue weighted by molar-refractivity contribution is 0.414. The summed E-state index contributed by atoms with van der Waals surface area (Å²) in [5.74, 6) is 1.41. The van der Waals surface area contributed by atoms with E-state index in [2.05, 4.69) is 52.6 Å². The number of nitrogens with one attached hydrogen (secondary N) is 1. The van der Waals surface area contributed by atoms with Crippen molar-refractivity contribution in [2.45, 2.75) is 0 Å². The van der Waals surface area contributed by atoms with Gasteiger partial charge in [-0.15, -0.1) is 5.10 Å². The summed E-state index contributed by atoms with van der Waals surface area (Å²) in [5, 5.41) is 11.8. The minimum Gasteiger partial charge on any atom is -0.496 e. The summed E-state index contributed by atoms with van der Waals surface area (Å²) in [6.07, 6.45) is 3.12. The number of halogens is 2. The monoisotopic (exact) mass is 481 g/mol. The average Bonchev–Trinajstić information content (AvgIpc) is 2.62. The minimum atomic E-state index is 0.0421. The Morgan fingerprint density at radius 2 is 1.50 bits per heavy atom. The van der Waals surface area contributed by atoms with E-state index in [1.165, 1.54) is 0 Å². The maximum absolute atomic E-state index is 5.73. The van der Waals surface area contributed by atoms with Gasteiger partial charge in [-0.2, -0.15) is 10.2 Å². The van der Waals surface area contributed by atoms with Gasteiger partial charge >= 0.3 is 0 Å². The molecule has 2 rings (SSSR count). The Hall–Kier alpha value is -2.39. The average molecular weight is 483 g/mol. The number of hydrogen-bond donors (Lipinski definition) is 2. The van der Waals surface area contributed by atoms with Gasteiger partial charge in [-0.25, -0.2) is 5.43 Å². The van der Waals surface area contributed by atoms with Crippen LogP contribution in [-0.4, -0.2) is 32.6 Å². The highest BCUT2D eigenvalue weighted by molar-refractivity contribution is 9.10. The molecule has 7 nitrogen and oxygen atoms in total. The maximum Gasteiger partial charge on any atom is 0.234 e. The third kappa shape index (κ3) is 5.85. The quantitative estimate of drug-likeness (QED) is 0.374. The van der Waals surface area contributed by atoms with Gasteiger partial charge in [0.25, 0.3) is 0 Å². The number of nitrogens with two attached hydrogens (primary N) is 1. The number of hydrazone groups is 1. The minimum absolute atomic E-state index is 0.0421. The van der Waals surface area contributed by atoms with Crippen molar-refractivity contribution in [3.63, 3.8) is 0 Å². The van der Waals surface area contributed by atoms with Crippen molar-refractivity contribution in [3.05, 3.63) is 56.5 Å². The van der Waals surface area contributed by atoms with Crippen LogP contribution in [0, 0.1) is 0 Å². The highest BCUT2D eigenvalue weighted by atomic mass is 79.9. The molecule has 0 saturated carbocycles. The summed E-state index contributed by atoms with van der Waals surface area (Å²) in [7, 11) is 3.18. The van der Waals surface area contributed by atoms with Crippen molar-refractivity contribution >= 4 is 50.2 Å². The van der Waals surface area contributed by atoms with E-state index in [4.69, 9.17) is 15.2 Å². The van der Waals surface area contributed by atoms with E-state index in [0.717, 1.165) is 20.1 Å². The first-order valence-electron chi connectivity index (χ1n) is 7.36. The first kappa shape index (κ1) is 19.9. The van der Waals surface area contributed by atoms with Gasteiger partial charge in [0.15, 0.2) is 0 Å². The molecule has 0 radical (unpaired) electrons. The first-order valence-corrected chi connectivity index (χ1v) is 8.94. The van der Waals surface area contributed by atoms with Crippen LogP contribution in [0.15, 0.2) is 60.6 Å². The Bertz CT molecular complexity index is 853. The normalized spacial score (nSPS) is 11.9. The van der Waals surface area contributed by atoms with Gasteiger partial charge in [0, 0.05) is 20.1 Å². The second kappa shape index (κ2) is 9.93. The topological polar surface area (TPSA) is 93.6 Å². The lowest BCUT2D eigenvalue weighted by atomic mass is 10.2. The van der Waals surface area contributed by atoms with Crippen LogP contribution < -0.4 is 20.6 Å². The van der Waals surface area contributed by atoms with Crippen molar-refractivity contribution in [2.24, 2.45) is 21.0 Å². The summed E-state index contributed by atoms with van der Waals surface area (Å²) in [6, 6.07) is 11.1. The molecule has 0 spiro atoms. The highest BCUT2D eigenvalue weighted by Gasteiger charge is 2.01. The van der Waals surface area contributed by atoms with Gasteiger partial charge in [-0.1, -0.05) is 31.9 Å². The van der Waals surface area contributed by atoms with Gasteiger partial charge in [-0.05, 0) is 36.4 Å². The Kier molecular flexibility index (Phi) is 7.61. The molecule has 0 atom stereocenters. The van der Waals surface area contributed by atoms with Gasteiger partial charge in [0.1, 0.15) is 11.5 Å². The molecular formula is C17H17Br2N5O2. The van der Waals surface area contributed by atoms with Crippen molar-refractivity contribution in [3.8, 4) is 11.5 Å². The third-order valence-corrected chi connectivity index (χ3v) is 4.12. The molecule has 0 aliphatic carbocycles. The van der Waals surface area contributed by atoms with Crippen LogP contribution >= 0.6 is 31.9 Å². The molecule has 0 unspecified atom stereocenters. The SMILES string of the molecule is COc1ccc(Br)cc1/C=N\N=C(N)N/N=C\c1cc(Br)ccc1OC. The molecule has 2 aromatic carbocycles. The zero-order chi connectivity index (χ0) is 18.9. The summed E-state index contributed by atoms with van der Waals surface area (Å²) in [4.78, 5) is 0. The van der Waals surface area contributed by atoms with E-state index in [1.54, 1.807) is 26.6 Å². The number of guanidine groups is 1. The number of hydrogen-bond acceptors (Lipinski definition) is 5. The van der Waals surface area contributed by atoms with Crippen LogP contribution in [-0.2, 0) is 0 Å². The Labute approximate surface area is 168 Å². The molecule has 0 aliphatic rings. The van der Waals surface area contributed by atoms with Crippen LogP contribution in [0.3, 0.4) is 0 Å². The molecule has 136 valence electrons. The standard InChI is InChI=1S/C17H17Br2N5O2/c1-25-15-5-3-13(18)7-11(15)9-21-23-17(20)24-22-10-12-8-14(19)4-6-16(12)26-2/h3-10H,1-2H3,(H3,20,23,24)/b21-9-,22-10-. The van der Waals surface area contributed by atoms with Crippen molar-refractivity contribution in [2.75, 3.05) is 14.2 Å². The maximum atomic E-state index is 5.73. The molecule has 2 aromatic rings. The Morgan fingerprint density at radius 3 is 2.04 bits per heavy atom. The smallest absolute Gasteiger partial charge is 0.234 e. The lowest BCUT2D eigenvalue weighted by Gasteiger charge is -2.04. The molecule has 0 aliphatic heterocycles. The summed E-state index contributed by atoms with van der Waals surface area (Å²) in [6.45, 7) is 0. The van der Waals surface area contributed by atoms with Gasteiger partial charge in [0.2, 0.25) is 5.96 Å². The number of nitrogens with zero attached hydrogens (tertiary/aromatic N) is 3. The molecule has 0 heterocycles. The van der Waals surface area contributed by atoms with Crippen LogP contribution in [0.5, 0.6) is 11.5 Å². The molecule has 0 fully saturated rings. The van der Waals surface area contributed by atoms with E-state index in [9.17, 15) is 0 Å². The molecule has 0 amide bonds. The van der Waals surface area contributed by atoms with E-state index < -0.39 is 0 Å². The lowest BCUT2D eigenvalue weighted by Crippen LogP contribution is -2.26. The number of methoxy groups -OCH3 is 2. The van der Waals surface area contributed by atoms with Crippen molar-refractivity contribution in [1.29, 1.82) is 0 Å². The molecule has 26 heavy (non-hydrogen) atoms. The molecule has 9 heteroatoms. The summed E-state index contributed by atoms with van der Waals surface area (Å²) < 4.78 is 12.3. The van der Waals surface area contributed by atoms with Gasteiger partial charge in [0.05, 0.1) is 26.6 Å². The zero-order valence-electron chi connectivity index (χ0n) is 14.1.